The van der Waals surface area contributed by atoms with E-state index in [0.717, 1.165) is 37.1 Å². The second-order valence-corrected chi connectivity index (χ2v) is 15.8. The molecule has 3 heterocycles. The highest BCUT2D eigenvalue weighted by molar-refractivity contribution is 7.79. The number of halogens is 2. The fourth-order valence-corrected chi connectivity index (χ4v) is 7.12. The molecule has 0 saturated carbocycles. The average molecular weight is 849 g/mol. The van der Waals surface area contributed by atoms with E-state index in [1.54, 1.807) is 0 Å². The van der Waals surface area contributed by atoms with E-state index in [4.69, 9.17) is 43.6 Å². The van der Waals surface area contributed by atoms with Crippen molar-refractivity contribution < 1.29 is 55.6 Å². The van der Waals surface area contributed by atoms with Gasteiger partial charge in [0.1, 0.15) is 24.4 Å². The Morgan fingerprint density at radius 1 is 0.983 bits per heavy atom. The lowest BCUT2D eigenvalue weighted by Crippen LogP contribution is -2.54. The number of carboxylic acid groups (broad SMARTS) is 1. The van der Waals surface area contributed by atoms with Gasteiger partial charge in [-0.15, -0.1) is 0 Å². The molecule has 2 fully saturated rings. The molecule has 3 aliphatic heterocycles. The maximum atomic E-state index is 12.4. The number of fused-ring (bicyclic) bond motifs is 4. The summed E-state index contributed by atoms with van der Waals surface area (Å²) < 4.78 is 67.5. The van der Waals surface area contributed by atoms with Crippen LogP contribution in [0.3, 0.4) is 0 Å². The molecule has 0 aliphatic carbocycles. The summed E-state index contributed by atoms with van der Waals surface area (Å²) in [6.45, 7) is 1.63. The molecule has 8 N–H and O–H groups in total. The summed E-state index contributed by atoms with van der Waals surface area (Å²) in [7, 11) is 1.72. The molecule has 0 radical (unpaired) electrons. The number of esters is 1. The van der Waals surface area contributed by atoms with E-state index in [9.17, 15) is 23.5 Å². The lowest BCUT2D eigenvalue weighted by molar-refractivity contribution is -0.155. The number of piperidine rings is 1. The maximum absolute atomic E-state index is 12.4. The number of nitrogens with two attached hydrogens (primary N) is 2. The fourth-order valence-electron chi connectivity index (χ4n) is 7.12. The molecule has 3 aromatic carbocycles. The third kappa shape index (κ3) is 15.3. The van der Waals surface area contributed by atoms with Crippen LogP contribution in [-0.4, -0.2) is 120 Å². The number of hydrogen-bond acceptors (Lipinski definition) is 11. The average Bonchev–Trinajstić information content (AvgIpc) is 3.32. The molecule has 3 aliphatic rings. The topological polar surface area (TPSA) is 226 Å². The fraction of sp³-hybridized carbons (Fsp3) is 0.476. The van der Waals surface area contributed by atoms with Crippen LogP contribution in [0.15, 0.2) is 84.9 Å². The van der Waals surface area contributed by atoms with Crippen molar-refractivity contribution >= 4 is 27.9 Å². The van der Waals surface area contributed by atoms with Crippen molar-refractivity contribution in [3.63, 3.8) is 0 Å². The van der Waals surface area contributed by atoms with Crippen LogP contribution in [0, 0.1) is 0 Å². The highest BCUT2D eigenvalue weighted by Crippen LogP contribution is 2.37. The minimum atomic E-state index is -4.67. The molecule has 5 atom stereocenters. The van der Waals surface area contributed by atoms with Crippen LogP contribution in [0.1, 0.15) is 73.1 Å². The van der Waals surface area contributed by atoms with E-state index in [2.05, 4.69) is 79.5 Å². The van der Waals surface area contributed by atoms with Crippen molar-refractivity contribution in [2.45, 2.75) is 87.6 Å². The van der Waals surface area contributed by atoms with E-state index >= 15 is 0 Å². The molecule has 3 unspecified atom stereocenters. The number of hydrogen-bond donors (Lipinski definition) is 6. The second-order valence-electron chi connectivity index (χ2n) is 14.9. The Morgan fingerprint density at radius 3 is 2.08 bits per heavy atom. The van der Waals surface area contributed by atoms with Gasteiger partial charge in [-0.25, -0.2) is 13.6 Å². The molecule has 3 aromatic rings. The smallest absolute Gasteiger partial charge is 0.394 e. The second kappa shape index (κ2) is 23.5. The minimum absolute atomic E-state index is 0.00367. The molecular formula is C42H58F2N4O10S. The molecule has 0 aromatic heterocycles. The minimum Gasteiger partial charge on any atom is -0.488 e. The number of ether oxygens (including phenoxy) is 2. The van der Waals surface area contributed by atoms with Gasteiger partial charge in [0.05, 0.1) is 6.61 Å². The molecule has 6 rings (SSSR count). The Labute approximate surface area is 345 Å². The van der Waals surface area contributed by atoms with Crippen molar-refractivity contribution in [2.24, 2.45) is 11.5 Å². The molecule has 0 spiro atoms. The van der Waals surface area contributed by atoms with E-state index < -0.39 is 34.3 Å². The van der Waals surface area contributed by atoms with Gasteiger partial charge >= 0.3 is 22.3 Å². The largest absolute Gasteiger partial charge is 0.488 e. The van der Waals surface area contributed by atoms with Crippen molar-refractivity contribution in [3.05, 3.63) is 107 Å². The number of benzene rings is 3. The van der Waals surface area contributed by atoms with Gasteiger partial charge < -0.3 is 41.0 Å². The third-order valence-corrected chi connectivity index (χ3v) is 10.4. The lowest BCUT2D eigenvalue weighted by atomic mass is 9.93. The van der Waals surface area contributed by atoms with Gasteiger partial charge in [-0.05, 0) is 101 Å². The number of nitrogens with zero attached hydrogens (tertiary/aromatic N) is 2. The number of carbonyl (C=O) groups excluding carboxylic acids is 1. The van der Waals surface area contributed by atoms with Gasteiger partial charge in [0.25, 0.3) is 6.43 Å². The van der Waals surface area contributed by atoms with Crippen LogP contribution in [-0.2, 0) is 31.3 Å². The van der Waals surface area contributed by atoms with Crippen LogP contribution in [0.2, 0.25) is 0 Å². The van der Waals surface area contributed by atoms with Crippen LogP contribution in [0.5, 0.6) is 5.75 Å². The summed E-state index contributed by atoms with van der Waals surface area (Å²) in [6.07, 6.45) is 4.43. The number of carbonyl (C=O) groups is 2. The summed E-state index contributed by atoms with van der Waals surface area (Å²) in [5, 5.41) is 17.9. The van der Waals surface area contributed by atoms with Gasteiger partial charge in [0, 0.05) is 24.2 Å². The van der Waals surface area contributed by atoms with Crippen LogP contribution >= 0.6 is 0 Å². The normalized spacial score (nSPS) is 20.4. The van der Waals surface area contributed by atoms with Gasteiger partial charge in [0.2, 0.25) is 0 Å². The summed E-state index contributed by atoms with van der Waals surface area (Å²) in [4.78, 5) is 27.3. The van der Waals surface area contributed by atoms with E-state index in [0.29, 0.717) is 18.7 Å². The molecule has 17 heteroatoms. The van der Waals surface area contributed by atoms with E-state index in [-0.39, 0.29) is 38.1 Å². The Bertz CT molecular complexity index is 1850. The standard InChI is InChI=1S/C19H21NO.C17H23NO3.C6H12F2N2O2.H2O4S/c1-20(2)13-7-11-17-16-9-4-3-8-15(16)14-21-19-12-6-5-10-18(17)19;1-18-13-7-8-14(18)10-15(9-13)21-17(20)16(11-19)12-5-3-2-4-6-12;7-4(8)6(10,5(11)12)2-1-3-9;1-5(2,3)4/h3-6,8-12H,7,13-14H2,1-2H3;2-6,13-16,19H,7-11H2,1H3;4H,1-3,9-10H2,(H,11,12);(H2,1,2,3,4)/t;13-,14+,15?,16?;;. The zero-order valence-electron chi connectivity index (χ0n) is 33.7. The van der Waals surface area contributed by atoms with Crippen LogP contribution in [0.4, 0.5) is 8.78 Å². The summed E-state index contributed by atoms with van der Waals surface area (Å²) in [5.74, 6) is -1.57. The third-order valence-electron chi connectivity index (χ3n) is 10.4. The first-order valence-electron chi connectivity index (χ1n) is 19.3. The Balaban J connectivity index is 0.000000232. The highest BCUT2D eigenvalue weighted by atomic mass is 32.3. The number of alkyl halides is 2. The van der Waals surface area contributed by atoms with Crippen molar-refractivity contribution in [3.8, 4) is 5.75 Å². The lowest BCUT2D eigenvalue weighted by Gasteiger charge is -2.36. The molecule has 326 valence electrons. The van der Waals surface area contributed by atoms with E-state index in [1.165, 1.54) is 35.1 Å². The quantitative estimate of drug-likeness (QED) is 0.104. The molecular weight excluding hydrogens is 791 g/mol. The first-order valence-corrected chi connectivity index (χ1v) is 20.7. The predicted molar refractivity (Wildman–Crippen MR) is 220 cm³/mol. The monoisotopic (exact) mass is 848 g/mol. The van der Waals surface area contributed by atoms with Gasteiger partial charge in [-0.1, -0.05) is 78.9 Å². The van der Waals surface area contributed by atoms with Gasteiger partial charge in [-0.2, -0.15) is 8.42 Å². The Kier molecular flexibility index (Phi) is 19.5. The molecule has 14 nitrogen and oxygen atoms in total. The van der Waals surface area contributed by atoms with E-state index in [1.807, 2.05) is 36.4 Å². The molecule has 59 heavy (non-hydrogen) atoms. The summed E-state index contributed by atoms with van der Waals surface area (Å²) >= 11 is 0. The van der Waals surface area contributed by atoms with Crippen LogP contribution in [0.25, 0.3) is 5.57 Å². The van der Waals surface area contributed by atoms with Crippen molar-refractivity contribution in [2.75, 3.05) is 40.8 Å². The first kappa shape index (κ1) is 49.0. The number of rotatable bonds is 12. The Hall–Kier alpha value is -4.33. The zero-order valence-corrected chi connectivity index (χ0v) is 34.5. The van der Waals surface area contributed by atoms with Gasteiger partial charge in [0.15, 0.2) is 5.54 Å². The molecule has 0 amide bonds. The first-order chi connectivity index (χ1) is 27.9. The summed E-state index contributed by atoms with van der Waals surface area (Å²) in [5.41, 5.74) is 13.4. The number of para-hydroxylation sites is 1. The molecule has 2 saturated heterocycles. The predicted octanol–water partition coefficient (Wildman–Crippen LogP) is 5.01. The van der Waals surface area contributed by atoms with Crippen molar-refractivity contribution in [1.29, 1.82) is 0 Å². The van der Waals surface area contributed by atoms with Crippen LogP contribution < -0.4 is 16.2 Å². The number of carboxylic acids is 1. The van der Waals surface area contributed by atoms with Crippen molar-refractivity contribution in [1.82, 2.24) is 9.80 Å². The van der Waals surface area contributed by atoms with Gasteiger partial charge in [-0.3, -0.25) is 13.9 Å². The summed E-state index contributed by atoms with van der Waals surface area (Å²) in [6, 6.07) is 27.3. The number of aliphatic hydroxyl groups excluding tert-OH is 1. The SMILES string of the molecule is CN(C)CCC=C1c2ccccc2COc2ccccc21.CN1[C@@H]2CC[C@H]1CC(OC(=O)C(CO)c1ccccc1)C2.NCCCC(N)(C(=O)O)C(F)F.O=S(=O)(O)O. The maximum Gasteiger partial charge on any atom is 0.394 e. The highest BCUT2D eigenvalue weighted by Gasteiger charge is 2.43. The Morgan fingerprint density at radius 2 is 1.54 bits per heavy atom. The zero-order chi connectivity index (χ0) is 43.8. The number of aliphatic hydroxyl groups is 1. The molecule has 2 bridgehead atoms. The number of aliphatic carboxylic acids is 1.